The van der Waals surface area contributed by atoms with E-state index in [1.807, 2.05) is 26.0 Å². The Hall–Kier alpha value is -2.41. The summed E-state index contributed by atoms with van der Waals surface area (Å²) in [4.78, 5) is 18.7. The molecule has 130 valence electrons. The quantitative estimate of drug-likeness (QED) is 0.878. The molecule has 1 amide bonds. The number of halogens is 1. The van der Waals surface area contributed by atoms with Crippen LogP contribution in [0.25, 0.3) is 0 Å². The van der Waals surface area contributed by atoms with E-state index < -0.39 is 12.1 Å². The number of ether oxygens (including phenoxy) is 1. The fourth-order valence-electron chi connectivity index (χ4n) is 2.68. The van der Waals surface area contributed by atoms with Crippen molar-refractivity contribution in [2.45, 2.75) is 19.0 Å². The first-order valence-electron chi connectivity index (χ1n) is 7.61. The zero-order chi connectivity index (χ0) is 17.9. The van der Waals surface area contributed by atoms with Crippen molar-refractivity contribution < 1.29 is 13.9 Å². The molecule has 0 aliphatic heterocycles. The lowest BCUT2D eigenvalue weighted by Gasteiger charge is -2.26. The molecule has 0 bridgehead atoms. The average molecular weight is 334 g/mol. The van der Waals surface area contributed by atoms with Gasteiger partial charge in [0.05, 0.1) is 31.4 Å². The molecule has 2 rings (SSSR count). The van der Waals surface area contributed by atoms with Crippen molar-refractivity contribution in [3.63, 3.8) is 0 Å². The number of hydrogen-bond acceptors (Lipinski definition) is 4. The van der Waals surface area contributed by atoms with E-state index in [4.69, 9.17) is 4.74 Å². The highest BCUT2D eigenvalue weighted by Crippen LogP contribution is 2.27. The first-order chi connectivity index (χ1) is 11.3. The van der Waals surface area contributed by atoms with Crippen molar-refractivity contribution in [1.82, 2.24) is 19.8 Å². The SMILES string of the molecule is COc1ccc(F)cc1[C@H](C)NC(=O)[C@@H](c1cncn1C)N(C)C. The number of amides is 1. The lowest BCUT2D eigenvalue weighted by Crippen LogP contribution is -2.39. The Morgan fingerprint density at radius 2 is 2.12 bits per heavy atom. The maximum Gasteiger partial charge on any atom is 0.244 e. The van der Waals surface area contributed by atoms with Gasteiger partial charge in [-0.15, -0.1) is 0 Å². The molecule has 0 saturated carbocycles. The predicted molar refractivity (Wildman–Crippen MR) is 89.1 cm³/mol. The minimum Gasteiger partial charge on any atom is -0.496 e. The Morgan fingerprint density at radius 1 is 1.42 bits per heavy atom. The molecule has 0 radical (unpaired) electrons. The predicted octanol–water partition coefficient (Wildman–Crippen LogP) is 2.05. The second-order valence-electron chi connectivity index (χ2n) is 5.91. The highest BCUT2D eigenvalue weighted by Gasteiger charge is 2.27. The average Bonchev–Trinajstić information content (AvgIpc) is 2.93. The van der Waals surface area contributed by atoms with Crippen LogP contribution in [0.15, 0.2) is 30.7 Å². The van der Waals surface area contributed by atoms with E-state index in [1.165, 1.54) is 19.2 Å². The maximum absolute atomic E-state index is 13.6. The molecule has 1 N–H and O–H groups in total. The minimum atomic E-state index is -0.500. The molecular weight excluding hydrogens is 311 g/mol. The monoisotopic (exact) mass is 334 g/mol. The molecule has 0 aliphatic carbocycles. The van der Waals surface area contributed by atoms with Gasteiger partial charge < -0.3 is 14.6 Å². The van der Waals surface area contributed by atoms with E-state index >= 15 is 0 Å². The second-order valence-corrected chi connectivity index (χ2v) is 5.91. The van der Waals surface area contributed by atoms with Gasteiger partial charge >= 0.3 is 0 Å². The largest absolute Gasteiger partial charge is 0.496 e. The van der Waals surface area contributed by atoms with Gasteiger partial charge in [0.1, 0.15) is 17.6 Å². The number of hydrogen-bond donors (Lipinski definition) is 1. The van der Waals surface area contributed by atoms with Crippen LogP contribution >= 0.6 is 0 Å². The van der Waals surface area contributed by atoms with Crippen molar-refractivity contribution in [3.8, 4) is 5.75 Å². The first-order valence-corrected chi connectivity index (χ1v) is 7.61. The number of aryl methyl sites for hydroxylation is 1. The zero-order valence-corrected chi connectivity index (χ0v) is 14.6. The van der Waals surface area contributed by atoms with E-state index in [-0.39, 0.29) is 11.7 Å². The standard InChI is InChI=1S/C17H23FN4O2/c1-11(13-8-12(18)6-7-15(13)24-5)20-17(23)16(21(2)3)14-9-19-10-22(14)4/h6-11,16H,1-5H3,(H,20,23)/t11-,16+/m0/s1. The third-order valence-electron chi connectivity index (χ3n) is 3.92. The molecule has 6 nitrogen and oxygen atoms in total. The van der Waals surface area contributed by atoms with Gasteiger partial charge in [-0.05, 0) is 39.2 Å². The number of likely N-dealkylation sites (N-methyl/N-ethyl adjacent to an activating group) is 1. The molecule has 0 unspecified atom stereocenters. The van der Waals surface area contributed by atoms with Gasteiger partial charge in [-0.25, -0.2) is 9.37 Å². The van der Waals surface area contributed by atoms with Crippen LogP contribution in [0.4, 0.5) is 4.39 Å². The van der Waals surface area contributed by atoms with Crippen molar-refractivity contribution in [1.29, 1.82) is 0 Å². The summed E-state index contributed by atoms with van der Waals surface area (Å²) in [6, 6.07) is 3.35. The van der Waals surface area contributed by atoms with E-state index in [1.54, 1.807) is 30.1 Å². The van der Waals surface area contributed by atoms with Crippen molar-refractivity contribution in [2.24, 2.45) is 7.05 Å². The zero-order valence-electron chi connectivity index (χ0n) is 14.6. The molecule has 1 aromatic carbocycles. The molecular formula is C17H23FN4O2. The van der Waals surface area contributed by atoms with E-state index in [9.17, 15) is 9.18 Å². The van der Waals surface area contributed by atoms with Gasteiger partial charge in [0.2, 0.25) is 5.91 Å². The van der Waals surface area contributed by atoms with Gasteiger partial charge in [-0.3, -0.25) is 9.69 Å². The summed E-state index contributed by atoms with van der Waals surface area (Å²) in [5.41, 5.74) is 1.37. The minimum absolute atomic E-state index is 0.192. The van der Waals surface area contributed by atoms with Crippen molar-refractivity contribution >= 4 is 5.91 Å². The molecule has 2 aromatic rings. The smallest absolute Gasteiger partial charge is 0.244 e. The molecule has 1 aromatic heterocycles. The summed E-state index contributed by atoms with van der Waals surface area (Å²) in [7, 11) is 7.00. The van der Waals surface area contributed by atoms with Crippen LogP contribution in [-0.2, 0) is 11.8 Å². The summed E-state index contributed by atoms with van der Waals surface area (Å²) in [6.07, 6.45) is 3.32. The Balaban J connectivity index is 2.24. The van der Waals surface area contributed by atoms with Crippen molar-refractivity contribution in [3.05, 3.63) is 47.8 Å². The van der Waals surface area contributed by atoms with Crippen LogP contribution in [0.3, 0.4) is 0 Å². The van der Waals surface area contributed by atoms with Gasteiger partial charge in [0.25, 0.3) is 0 Å². The third kappa shape index (κ3) is 3.73. The summed E-state index contributed by atoms with van der Waals surface area (Å²) < 4.78 is 20.6. The van der Waals surface area contributed by atoms with E-state index in [0.29, 0.717) is 11.3 Å². The Bertz CT molecular complexity index is 714. The van der Waals surface area contributed by atoms with E-state index in [0.717, 1.165) is 5.69 Å². The number of benzene rings is 1. The number of aromatic nitrogens is 2. The second kappa shape index (κ2) is 7.44. The highest BCUT2D eigenvalue weighted by atomic mass is 19.1. The van der Waals surface area contributed by atoms with Crippen LogP contribution < -0.4 is 10.1 Å². The van der Waals surface area contributed by atoms with E-state index in [2.05, 4.69) is 10.3 Å². The van der Waals surface area contributed by atoms with Gasteiger partial charge in [0, 0.05) is 12.6 Å². The topological polar surface area (TPSA) is 59.4 Å². The van der Waals surface area contributed by atoms with Crippen LogP contribution in [0.1, 0.15) is 30.3 Å². The molecule has 24 heavy (non-hydrogen) atoms. The number of carbonyl (C=O) groups excluding carboxylic acids is 1. The van der Waals surface area contributed by atoms with Crippen molar-refractivity contribution in [2.75, 3.05) is 21.2 Å². The summed E-state index contributed by atoms with van der Waals surface area (Å²) in [5.74, 6) is -0.0313. The lowest BCUT2D eigenvalue weighted by atomic mass is 10.1. The number of carbonyl (C=O) groups is 1. The summed E-state index contributed by atoms with van der Waals surface area (Å²) >= 11 is 0. The van der Waals surface area contributed by atoms with Gasteiger partial charge in [-0.2, -0.15) is 0 Å². The van der Waals surface area contributed by atoms with Crippen LogP contribution in [0.5, 0.6) is 5.75 Å². The Kier molecular flexibility index (Phi) is 5.56. The molecule has 7 heteroatoms. The lowest BCUT2D eigenvalue weighted by molar-refractivity contribution is -0.126. The number of methoxy groups -OCH3 is 1. The molecule has 2 atom stereocenters. The molecule has 1 heterocycles. The number of imidazole rings is 1. The number of rotatable bonds is 6. The number of nitrogens with zero attached hydrogens (tertiary/aromatic N) is 3. The van der Waals surface area contributed by atoms with Crippen LogP contribution in [0.2, 0.25) is 0 Å². The maximum atomic E-state index is 13.6. The van der Waals surface area contributed by atoms with Gasteiger partial charge in [0.15, 0.2) is 0 Å². The molecule has 0 aliphatic rings. The summed E-state index contributed by atoms with van der Waals surface area (Å²) in [5, 5.41) is 2.93. The molecule has 0 fully saturated rings. The van der Waals surface area contributed by atoms with Gasteiger partial charge in [-0.1, -0.05) is 0 Å². The number of nitrogens with one attached hydrogen (secondary N) is 1. The highest BCUT2D eigenvalue weighted by molar-refractivity contribution is 5.83. The fourth-order valence-corrected chi connectivity index (χ4v) is 2.68. The van der Waals surface area contributed by atoms with Crippen LogP contribution in [-0.4, -0.2) is 41.6 Å². The molecule has 0 spiro atoms. The summed E-state index contributed by atoms with van der Waals surface area (Å²) in [6.45, 7) is 1.80. The fraction of sp³-hybridized carbons (Fsp3) is 0.412. The molecule has 0 saturated heterocycles. The van der Waals surface area contributed by atoms with Crippen LogP contribution in [0, 0.1) is 5.82 Å². The Labute approximate surface area is 141 Å². The normalized spacial score (nSPS) is 13.6. The third-order valence-corrected chi connectivity index (χ3v) is 3.92. The Morgan fingerprint density at radius 3 is 2.67 bits per heavy atom. The first kappa shape index (κ1) is 17.9.